The van der Waals surface area contributed by atoms with Crippen LogP contribution in [0.3, 0.4) is 0 Å². The van der Waals surface area contributed by atoms with Crippen molar-refractivity contribution < 1.29 is 9.63 Å². The van der Waals surface area contributed by atoms with Crippen LogP contribution < -0.4 is 0 Å². The third-order valence-electron chi connectivity index (χ3n) is 4.00. The summed E-state index contributed by atoms with van der Waals surface area (Å²) in [5.74, 6) is -0.142. The molecule has 1 aliphatic heterocycles. The number of benzene rings is 2. The quantitative estimate of drug-likeness (QED) is 0.805. The summed E-state index contributed by atoms with van der Waals surface area (Å²) in [4.78, 5) is 17.4. The number of hydroxylamine groups is 2. The molecule has 2 aromatic carbocycles. The van der Waals surface area contributed by atoms with E-state index < -0.39 is 0 Å². The number of carbonyl (C=O) groups excluding carboxylic acids is 1. The first kappa shape index (κ1) is 14.0. The van der Waals surface area contributed by atoms with E-state index >= 15 is 0 Å². The number of hydrogen-bond donors (Lipinski definition) is 0. The van der Waals surface area contributed by atoms with Crippen molar-refractivity contribution in [1.29, 1.82) is 0 Å². The molecule has 0 radical (unpaired) electrons. The van der Waals surface area contributed by atoms with Crippen LogP contribution in [0.5, 0.6) is 0 Å². The van der Waals surface area contributed by atoms with Crippen LogP contribution >= 0.6 is 0 Å². The fraction of sp³-hybridized carbons (Fsp3) is 0.278. The van der Waals surface area contributed by atoms with Crippen LogP contribution in [0.25, 0.3) is 0 Å². The Labute approximate surface area is 125 Å². The van der Waals surface area contributed by atoms with E-state index in [1.54, 1.807) is 0 Å². The minimum atomic E-state index is -0.142. The largest absolute Gasteiger partial charge is 0.303 e. The van der Waals surface area contributed by atoms with Gasteiger partial charge >= 0.3 is 0 Å². The summed E-state index contributed by atoms with van der Waals surface area (Å²) in [6, 6.07) is 20.3. The first-order valence-corrected chi connectivity index (χ1v) is 7.27. The molecule has 1 heterocycles. The highest BCUT2D eigenvalue weighted by Crippen LogP contribution is 2.38. The molecular weight excluding hydrogens is 262 g/mol. The van der Waals surface area contributed by atoms with E-state index in [0.29, 0.717) is 6.54 Å². The first-order chi connectivity index (χ1) is 10.3. The van der Waals surface area contributed by atoms with Gasteiger partial charge in [0.15, 0.2) is 0 Å². The Morgan fingerprint density at radius 2 is 1.67 bits per heavy atom. The Bertz CT molecular complexity index is 585. The summed E-state index contributed by atoms with van der Waals surface area (Å²) >= 11 is 0. The van der Waals surface area contributed by atoms with Gasteiger partial charge in [0.25, 0.3) is 0 Å². The lowest BCUT2D eigenvalue weighted by Gasteiger charge is -2.24. The molecule has 108 valence electrons. The summed E-state index contributed by atoms with van der Waals surface area (Å²) < 4.78 is 0. The highest BCUT2D eigenvalue weighted by molar-refractivity contribution is 5.57. The van der Waals surface area contributed by atoms with E-state index in [-0.39, 0.29) is 18.1 Å². The number of carbonyl (C=O) groups is 1. The lowest BCUT2D eigenvalue weighted by molar-refractivity contribution is -0.166. The van der Waals surface area contributed by atoms with E-state index in [2.05, 4.69) is 24.3 Å². The standard InChI is InChI=1S/C18H19NO2/c1-14-17(13-20)18(16-10-6-3-7-11-16)19(21-14)12-15-8-4-2-5-9-15/h2-11,13-14,17-18H,12H2,1H3/t14-,17-,18+/m0/s1. The molecule has 0 N–H and O–H groups in total. The Morgan fingerprint density at radius 1 is 1.05 bits per heavy atom. The van der Waals surface area contributed by atoms with Gasteiger partial charge in [0.2, 0.25) is 0 Å². The first-order valence-electron chi connectivity index (χ1n) is 7.27. The Hall–Kier alpha value is -1.97. The van der Waals surface area contributed by atoms with E-state index in [1.165, 1.54) is 5.56 Å². The molecule has 0 unspecified atom stereocenters. The number of nitrogens with zero attached hydrogens (tertiary/aromatic N) is 1. The molecule has 2 aromatic rings. The molecule has 3 rings (SSSR count). The highest BCUT2D eigenvalue weighted by Gasteiger charge is 2.41. The molecular formula is C18H19NO2. The van der Waals surface area contributed by atoms with E-state index in [9.17, 15) is 4.79 Å². The predicted molar refractivity (Wildman–Crippen MR) is 81.3 cm³/mol. The molecule has 0 amide bonds. The molecule has 21 heavy (non-hydrogen) atoms. The SMILES string of the molecule is C[C@@H]1ON(Cc2ccccc2)[C@H](c2ccccc2)[C@H]1C=O. The topological polar surface area (TPSA) is 29.5 Å². The molecule has 3 nitrogen and oxygen atoms in total. The fourth-order valence-electron chi connectivity index (χ4n) is 2.92. The molecule has 0 aliphatic carbocycles. The van der Waals surface area contributed by atoms with E-state index in [4.69, 9.17) is 4.84 Å². The van der Waals surface area contributed by atoms with Crippen LogP contribution in [0, 0.1) is 5.92 Å². The third kappa shape index (κ3) is 2.89. The summed E-state index contributed by atoms with van der Waals surface area (Å²) in [5, 5.41) is 1.94. The van der Waals surface area contributed by atoms with Crippen molar-refractivity contribution in [2.45, 2.75) is 25.6 Å². The van der Waals surface area contributed by atoms with Crippen LogP contribution in [-0.2, 0) is 16.2 Å². The van der Waals surface area contributed by atoms with Gasteiger partial charge in [-0.1, -0.05) is 60.7 Å². The molecule has 3 atom stereocenters. The van der Waals surface area contributed by atoms with E-state index in [0.717, 1.165) is 11.8 Å². The zero-order chi connectivity index (χ0) is 14.7. The number of rotatable bonds is 4. The monoisotopic (exact) mass is 281 g/mol. The maximum atomic E-state index is 11.5. The maximum Gasteiger partial charge on any atom is 0.127 e. The van der Waals surface area contributed by atoms with Crippen molar-refractivity contribution >= 4 is 6.29 Å². The molecule has 0 saturated carbocycles. The molecule has 1 saturated heterocycles. The molecule has 0 aromatic heterocycles. The Kier molecular flexibility index (Phi) is 4.13. The highest BCUT2D eigenvalue weighted by atomic mass is 16.7. The Morgan fingerprint density at radius 3 is 2.29 bits per heavy atom. The van der Waals surface area contributed by atoms with Crippen molar-refractivity contribution in [2.24, 2.45) is 5.92 Å². The van der Waals surface area contributed by atoms with Gasteiger partial charge < -0.3 is 4.79 Å². The fourth-order valence-corrected chi connectivity index (χ4v) is 2.92. The third-order valence-corrected chi connectivity index (χ3v) is 4.00. The second-order valence-corrected chi connectivity index (χ2v) is 5.44. The summed E-state index contributed by atoms with van der Waals surface area (Å²) in [5.41, 5.74) is 2.30. The molecule has 1 fully saturated rings. The van der Waals surface area contributed by atoms with Crippen molar-refractivity contribution in [2.75, 3.05) is 0 Å². The zero-order valence-electron chi connectivity index (χ0n) is 12.1. The smallest absolute Gasteiger partial charge is 0.127 e. The van der Waals surface area contributed by atoms with Gasteiger partial charge in [-0.15, -0.1) is 0 Å². The Balaban J connectivity index is 1.89. The summed E-state index contributed by atoms with van der Waals surface area (Å²) in [7, 11) is 0. The second-order valence-electron chi connectivity index (χ2n) is 5.44. The minimum Gasteiger partial charge on any atom is -0.303 e. The van der Waals surface area contributed by atoms with Gasteiger partial charge in [-0.05, 0) is 18.1 Å². The van der Waals surface area contributed by atoms with Gasteiger partial charge in [0, 0.05) is 6.54 Å². The molecule has 3 heteroatoms. The van der Waals surface area contributed by atoms with Crippen molar-refractivity contribution in [3.8, 4) is 0 Å². The normalized spacial score (nSPS) is 25.9. The summed E-state index contributed by atoms with van der Waals surface area (Å²) in [6.07, 6.45) is 0.921. The average molecular weight is 281 g/mol. The van der Waals surface area contributed by atoms with E-state index in [1.807, 2.05) is 48.4 Å². The van der Waals surface area contributed by atoms with Gasteiger partial charge in [-0.25, -0.2) is 0 Å². The van der Waals surface area contributed by atoms with Crippen molar-refractivity contribution in [1.82, 2.24) is 5.06 Å². The van der Waals surface area contributed by atoms with Crippen LogP contribution in [0.15, 0.2) is 60.7 Å². The lowest BCUT2D eigenvalue weighted by atomic mass is 9.91. The maximum absolute atomic E-state index is 11.5. The van der Waals surface area contributed by atoms with Gasteiger partial charge in [0.05, 0.1) is 18.1 Å². The predicted octanol–water partition coefficient (Wildman–Crippen LogP) is 3.38. The van der Waals surface area contributed by atoms with Gasteiger partial charge in [-0.2, -0.15) is 5.06 Å². The van der Waals surface area contributed by atoms with Crippen LogP contribution in [0.1, 0.15) is 24.1 Å². The molecule has 0 bridgehead atoms. The van der Waals surface area contributed by atoms with Gasteiger partial charge in [-0.3, -0.25) is 4.84 Å². The van der Waals surface area contributed by atoms with Crippen LogP contribution in [-0.4, -0.2) is 17.5 Å². The van der Waals surface area contributed by atoms with Crippen molar-refractivity contribution in [3.63, 3.8) is 0 Å². The number of aldehydes is 1. The zero-order valence-corrected chi connectivity index (χ0v) is 12.1. The number of hydrogen-bond acceptors (Lipinski definition) is 3. The van der Waals surface area contributed by atoms with Crippen molar-refractivity contribution in [3.05, 3.63) is 71.8 Å². The van der Waals surface area contributed by atoms with Crippen LogP contribution in [0.4, 0.5) is 0 Å². The van der Waals surface area contributed by atoms with Gasteiger partial charge in [0.1, 0.15) is 6.29 Å². The minimum absolute atomic E-state index is 0.0288. The summed E-state index contributed by atoms with van der Waals surface area (Å²) in [6.45, 7) is 2.63. The average Bonchev–Trinajstić information content (AvgIpc) is 2.84. The van der Waals surface area contributed by atoms with Crippen LogP contribution in [0.2, 0.25) is 0 Å². The lowest BCUT2D eigenvalue weighted by Crippen LogP contribution is -2.24. The molecule has 0 spiro atoms. The molecule has 1 aliphatic rings. The second kappa shape index (κ2) is 6.20.